The van der Waals surface area contributed by atoms with Crippen LogP contribution in [0, 0.1) is 5.92 Å². The summed E-state index contributed by atoms with van der Waals surface area (Å²) in [5.41, 5.74) is 0. The molecule has 6 nitrogen and oxygen atoms in total. The summed E-state index contributed by atoms with van der Waals surface area (Å²) in [6, 6.07) is -0.110. The van der Waals surface area contributed by atoms with E-state index in [2.05, 4.69) is 10.6 Å². The fourth-order valence-electron chi connectivity index (χ4n) is 2.42. The second-order valence-corrected chi connectivity index (χ2v) is 5.23. The SMILES string of the molecule is CNCCCN(C)C(=O)NC1CCCC(C(=O)O)C1. The van der Waals surface area contributed by atoms with Crippen molar-refractivity contribution in [3.63, 3.8) is 0 Å². The van der Waals surface area contributed by atoms with Crippen molar-refractivity contribution in [3.8, 4) is 0 Å². The van der Waals surface area contributed by atoms with Gasteiger partial charge >= 0.3 is 12.0 Å². The predicted octanol–water partition coefficient (Wildman–Crippen LogP) is 0.881. The Hall–Kier alpha value is -1.30. The van der Waals surface area contributed by atoms with Crippen LogP contribution in [0.25, 0.3) is 0 Å². The van der Waals surface area contributed by atoms with Gasteiger partial charge in [-0.2, -0.15) is 0 Å². The van der Waals surface area contributed by atoms with Crippen molar-refractivity contribution in [2.45, 2.75) is 38.1 Å². The van der Waals surface area contributed by atoms with E-state index in [1.165, 1.54) is 0 Å². The monoisotopic (exact) mass is 271 g/mol. The molecule has 0 aromatic heterocycles. The Morgan fingerprint density at radius 3 is 2.74 bits per heavy atom. The molecule has 2 atom stereocenters. The molecule has 19 heavy (non-hydrogen) atoms. The molecule has 6 heteroatoms. The molecule has 0 spiro atoms. The van der Waals surface area contributed by atoms with Crippen LogP contribution in [-0.4, -0.2) is 55.2 Å². The van der Waals surface area contributed by atoms with E-state index in [4.69, 9.17) is 5.11 Å². The van der Waals surface area contributed by atoms with E-state index in [0.717, 1.165) is 32.2 Å². The fourth-order valence-corrected chi connectivity index (χ4v) is 2.42. The second-order valence-electron chi connectivity index (χ2n) is 5.23. The number of carboxylic acid groups (broad SMARTS) is 1. The van der Waals surface area contributed by atoms with Gasteiger partial charge in [-0.1, -0.05) is 6.42 Å². The van der Waals surface area contributed by atoms with Crippen molar-refractivity contribution in [2.24, 2.45) is 5.92 Å². The average molecular weight is 271 g/mol. The molecule has 1 saturated carbocycles. The Bertz CT molecular complexity index is 310. The first-order chi connectivity index (χ1) is 9.04. The lowest BCUT2D eigenvalue weighted by Gasteiger charge is -2.29. The Labute approximate surface area is 114 Å². The third-order valence-corrected chi connectivity index (χ3v) is 3.62. The van der Waals surface area contributed by atoms with Crippen LogP contribution in [0.5, 0.6) is 0 Å². The normalized spacial score (nSPS) is 22.8. The summed E-state index contributed by atoms with van der Waals surface area (Å²) >= 11 is 0. The smallest absolute Gasteiger partial charge is 0.317 e. The number of carbonyl (C=O) groups excluding carboxylic acids is 1. The van der Waals surface area contributed by atoms with E-state index in [0.29, 0.717) is 13.0 Å². The Morgan fingerprint density at radius 1 is 1.37 bits per heavy atom. The van der Waals surface area contributed by atoms with E-state index in [1.807, 2.05) is 7.05 Å². The Balaban J connectivity index is 2.32. The molecular formula is C13H25N3O3. The number of rotatable bonds is 6. The molecule has 0 saturated heterocycles. The lowest BCUT2D eigenvalue weighted by molar-refractivity contribution is -0.143. The van der Waals surface area contributed by atoms with Gasteiger partial charge in [-0.05, 0) is 39.3 Å². The van der Waals surface area contributed by atoms with Crippen molar-refractivity contribution in [1.82, 2.24) is 15.5 Å². The molecule has 2 amide bonds. The molecule has 1 aliphatic rings. The van der Waals surface area contributed by atoms with Gasteiger partial charge in [0.15, 0.2) is 0 Å². The van der Waals surface area contributed by atoms with Crippen LogP contribution in [-0.2, 0) is 4.79 Å². The first-order valence-electron chi connectivity index (χ1n) is 6.93. The zero-order valence-electron chi connectivity index (χ0n) is 11.8. The summed E-state index contributed by atoms with van der Waals surface area (Å²) in [4.78, 5) is 24.5. The maximum Gasteiger partial charge on any atom is 0.317 e. The number of hydrogen-bond acceptors (Lipinski definition) is 3. The van der Waals surface area contributed by atoms with E-state index in [-0.39, 0.29) is 18.0 Å². The average Bonchev–Trinajstić information content (AvgIpc) is 2.39. The predicted molar refractivity (Wildman–Crippen MR) is 73.1 cm³/mol. The molecule has 0 aliphatic heterocycles. The van der Waals surface area contributed by atoms with Gasteiger partial charge < -0.3 is 20.6 Å². The third kappa shape index (κ3) is 5.46. The fraction of sp³-hybridized carbons (Fsp3) is 0.846. The Morgan fingerprint density at radius 2 is 2.11 bits per heavy atom. The van der Waals surface area contributed by atoms with Gasteiger partial charge in [-0.15, -0.1) is 0 Å². The quantitative estimate of drug-likeness (QED) is 0.626. The van der Waals surface area contributed by atoms with Crippen LogP contribution >= 0.6 is 0 Å². The minimum atomic E-state index is -0.749. The maximum absolute atomic E-state index is 11.9. The number of urea groups is 1. The number of hydrogen-bond donors (Lipinski definition) is 3. The van der Waals surface area contributed by atoms with Crippen molar-refractivity contribution < 1.29 is 14.7 Å². The number of nitrogens with one attached hydrogen (secondary N) is 2. The number of nitrogens with zero attached hydrogens (tertiary/aromatic N) is 1. The van der Waals surface area contributed by atoms with Gasteiger partial charge in [-0.3, -0.25) is 4.79 Å². The molecule has 110 valence electrons. The topological polar surface area (TPSA) is 81.7 Å². The van der Waals surface area contributed by atoms with Crippen LogP contribution in [0.2, 0.25) is 0 Å². The maximum atomic E-state index is 11.9. The number of amides is 2. The van der Waals surface area contributed by atoms with E-state index < -0.39 is 5.97 Å². The highest BCUT2D eigenvalue weighted by atomic mass is 16.4. The lowest BCUT2D eigenvalue weighted by Crippen LogP contribution is -2.46. The van der Waals surface area contributed by atoms with Gasteiger partial charge in [-0.25, -0.2) is 4.79 Å². The first kappa shape index (κ1) is 15.8. The first-order valence-corrected chi connectivity index (χ1v) is 6.93. The number of carbonyl (C=O) groups is 2. The van der Waals surface area contributed by atoms with Gasteiger partial charge in [0.05, 0.1) is 5.92 Å². The largest absolute Gasteiger partial charge is 0.481 e. The molecule has 0 bridgehead atoms. The van der Waals surface area contributed by atoms with E-state index in [9.17, 15) is 9.59 Å². The molecule has 0 aromatic rings. The van der Waals surface area contributed by atoms with Crippen molar-refractivity contribution in [1.29, 1.82) is 0 Å². The third-order valence-electron chi connectivity index (χ3n) is 3.62. The van der Waals surface area contributed by atoms with Gasteiger partial charge in [0.2, 0.25) is 0 Å². The molecule has 3 N–H and O–H groups in total. The molecule has 0 heterocycles. The van der Waals surface area contributed by atoms with Crippen molar-refractivity contribution in [3.05, 3.63) is 0 Å². The zero-order chi connectivity index (χ0) is 14.3. The molecule has 2 unspecified atom stereocenters. The summed E-state index contributed by atoms with van der Waals surface area (Å²) < 4.78 is 0. The van der Waals surface area contributed by atoms with Crippen LogP contribution in [0.3, 0.4) is 0 Å². The highest BCUT2D eigenvalue weighted by molar-refractivity contribution is 5.74. The molecule has 1 rings (SSSR count). The van der Waals surface area contributed by atoms with Crippen molar-refractivity contribution in [2.75, 3.05) is 27.2 Å². The summed E-state index contributed by atoms with van der Waals surface area (Å²) in [5, 5.41) is 15.0. The molecule has 1 fully saturated rings. The van der Waals surface area contributed by atoms with Crippen LogP contribution in [0.4, 0.5) is 4.79 Å². The minimum Gasteiger partial charge on any atom is -0.481 e. The van der Waals surface area contributed by atoms with Crippen LogP contribution in [0.1, 0.15) is 32.1 Å². The highest BCUT2D eigenvalue weighted by Crippen LogP contribution is 2.24. The summed E-state index contributed by atoms with van der Waals surface area (Å²) in [6.07, 6.45) is 3.92. The Kier molecular flexibility index (Phi) is 6.62. The molecule has 1 aliphatic carbocycles. The number of aliphatic carboxylic acids is 1. The lowest BCUT2D eigenvalue weighted by atomic mass is 9.86. The molecular weight excluding hydrogens is 246 g/mol. The van der Waals surface area contributed by atoms with Crippen LogP contribution in [0.15, 0.2) is 0 Å². The summed E-state index contributed by atoms with van der Waals surface area (Å²) in [5.74, 6) is -1.06. The van der Waals surface area contributed by atoms with Crippen molar-refractivity contribution >= 4 is 12.0 Å². The summed E-state index contributed by atoms with van der Waals surface area (Å²) in [7, 11) is 3.65. The number of carboxylic acids is 1. The molecule has 0 aromatic carbocycles. The van der Waals surface area contributed by atoms with E-state index >= 15 is 0 Å². The highest BCUT2D eigenvalue weighted by Gasteiger charge is 2.28. The second kappa shape index (κ2) is 7.99. The van der Waals surface area contributed by atoms with E-state index in [1.54, 1.807) is 11.9 Å². The molecule has 0 radical (unpaired) electrons. The van der Waals surface area contributed by atoms with Crippen LogP contribution < -0.4 is 10.6 Å². The van der Waals surface area contributed by atoms with Gasteiger partial charge in [0, 0.05) is 19.6 Å². The zero-order valence-corrected chi connectivity index (χ0v) is 11.8. The summed E-state index contributed by atoms with van der Waals surface area (Å²) in [6.45, 7) is 1.57. The van der Waals surface area contributed by atoms with Gasteiger partial charge in [0.25, 0.3) is 0 Å². The van der Waals surface area contributed by atoms with Gasteiger partial charge in [0.1, 0.15) is 0 Å². The standard InChI is InChI=1S/C13H25N3O3/c1-14-7-4-8-16(2)13(19)15-11-6-3-5-10(9-11)12(17)18/h10-11,14H,3-9H2,1-2H3,(H,15,19)(H,17,18). The minimum absolute atomic E-state index is 0.00546.